The summed E-state index contributed by atoms with van der Waals surface area (Å²) in [6, 6.07) is 13.2. The van der Waals surface area contributed by atoms with E-state index in [1.54, 1.807) is 12.1 Å². The number of aromatic amines is 1. The van der Waals surface area contributed by atoms with Crippen LogP contribution in [0.15, 0.2) is 42.5 Å². The summed E-state index contributed by atoms with van der Waals surface area (Å²) in [5.74, 6) is -0.304. The Kier molecular flexibility index (Phi) is 7.43. The molecule has 0 bridgehead atoms. The van der Waals surface area contributed by atoms with E-state index in [0.717, 1.165) is 53.3 Å². The fourth-order valence-electron chi connectivity index (χ4n) is 4.63. The Morgan fingerprint density at radius 3 is 2.46 bits per heavy atom. The van der Waals surface area contributed by atoms with Gasteiger partial charge in [0.15, 0.2) is 0 Å². The van der Waals surface area contributed by atoms with Gasteiger partial charge in [0.1, 0.15) is 0 Å². The molecule has 182 valence electrons. The molecule has 1 aromatic heterocycles. The van der Waals surface area contributed by atoms with Crippen LogP contribution < -0.4 is 10.6 Å². The molecule has 1 aliphatic heterocycles. The van der Waals surface area contributed by atoms with E-state index in [1.807, 2.05) is 50.3 Å². The second-order valence-electron chi connectivity index (χ2n) is 8.71. The average Bonchev–Trinajstić information content (AvgIpc) is 3.34. The Balaban J connectivity index is 1.78. The molecule has 0 aliphatic carbocycles. The van der Waals surface area contributed by atoms with Crippen LogP contribution >= 0.6 is 11.6 Å². The Labute approximate surface area is 211 Å². The number of H-pyrrole nitrogens is 1. The van der Waals surface area contributed by atoms with E-state index < -0.39 is 0 Å². The number of aromatic nitrogens is 1. The molecule has 7 heteroatoms. The number of nitrogens with one attached hydrogen (secondary N) is 3. The first-order valence-corrected chi connectivity index (χ1v) is 12.3. The number of nitrogens with zero attached hydrogens (tertiary/aromatic N) is 1. The van der Waals surface area contributed by atoms with Gasteiger partial charge in [0, 0.05) is 46.3 Å². The highest BCUT2D eigenvalue weighted by Crippen LogP contribution is 2.38. The van der Waals surface area contributed by atoms with Crippen LogP contribution in [0.25, 0.3) is 22.8 Å². The van der Waals surface area contributed by atoms with Gasteiger partial charge in [-0.25, -0.2) is 0 Å². The smallest absolute Gasteiger partial charge is 0.256 e. The molecule has 0 atom stereocenters. The number of rotatable bonds is 8. The second-order valence-corrected chi connectivity index (χ2v) is 9.15. The van der Waals surface area contributed by atoms with Crippen molar-refractivity contribution < 1.29 is 9.59 Å². The summed E-state index contributed by atoms with van der Waals surface area (Å²) in [5, 5.41) is 6.64. The molecule has 2 amide bonds. The van der Waals surface area contributed by atoms with Crippen molar-refractivity contribution in [1.29, 1.82) is 0 Å². The fraction of sp³-hybridized carbons (Fsp3) is 0.286. The van der Waals surface area contributed by atoms with Gasteiger partial charge in [0.2, 0.25) is 0 Å². The molecule has 3 N–H and O–H groups in total. The number of amides is 2. The predicted molar refractivity (Wildman–Crippen MR) is 144 cm³/mol. The third kappa shape index (κ3) is 5.04. The molecule has 35 heavy (non-hydrogen) atoms. The third-order valence-corrected chi connectivity index (χ3v) is 6.76. The number of anilines is 1. The Bertz CT molecular complexity index is 1290. The SMILES string of the molecule is CCN(CC)CCNC(=O)c1c(C)[nH]c(/C=C2\C(=O)Nc3cccc(C)c32)c1-c1ccc(Cl)cc1. The third-order valence-electron chi connectivity index (χ3n) is 6.51. The van der Waals surface area contributed by atoms with Gasteiger partial charge in [-0.15, -0.1) is 0 Å². The van der Waals surface area contributed by atoms with Crippen LogP contribution in [0.2, 0.25) is 5.02 Å². The Morgan fingerprint density at radius 2 is 1.77 bits per heavy atom. The lowest BCUT2D eigenvalue weighted by Crippen LogP contribution is -2.35. The fourth-order valence-corrected chi connectivity index (χ4v) is 4.75. The van der Waals surface area contributed by atoms with Crippen LogP contribution in [0.5, 0.6) is 0 Å². The molecular weight excluding hydrogens is 460 g/mol. The number of carbonyl (C=O) groups excluding carboxylic acids is 2. The summed E-state index contributed by atoms with van der Waals surface area (Å²) < 4.78 is 0. The standard InChI is InChI=1S/C28H31ClN4O2/c1-5-33(6-2)15-14-30-28(35)25-18(4)31-23(26(25)19-10-12-20(29)13-11-19)16-21-24-17(3)8-7-9-22(24)32-27(21)34/h7-13,16,31H,5-6,14-15H2,1-4H3,(H,30,35)(H,32,34)/b21-16-. The maximum absolute atomic E-state index is 13.4. The Morgan fingerprint density at radius 1 is 1.06 bits per heavy atom. The first-order chi connectivity index (χ1) is 16.8. The first kappa shape index (κ1) is 24.8. The summed E-state index contributed by atoms with van der Waals surface area (Å²) in [4.78, 5) is 31.9. The van der Waals surface area contributed by atoms with Gasteiger partial charge >= 0.3 is 0 Å². The van der Waals surface area contributed by atoms with Gasteiger partial charge in [0.25, 0.3) is 11.8 Å². The average molecular weight is 491 g/mol. The number of hydrogen-bond donors (Lipinski definition) is 3. The van der Waals surface area contributed by atoms with Crippen LogP contribution in [0, 0.1) is 13.8 Å². The molecule has 2 aromatic carbocycles. The summed E-state index contributed by atoms with van der Waals surface area (Å²) in [6.07, 6.45) is 1.85. The van der Waals surface area contributed by atoms with Crippen LogP contribution in [0.3, 0.4) is 0 Å². The molecule has 0 saturated heterocycles. The molecule has 0 saturated carbocycles. The summed E-state index contributed by atoms with van der Waals surface area (Å²) in [5.41, 5.74) is 6.89. The highest BCUT2D eigenvalue weighted by molar-refractivity contribution is 6.35. The molecule has 2 heterocycles. The lowest BCUT2D eigenvalue weighted by atomic mass is 9.96. The maximum atomic E-state index is 13.4. The summed E-state index contributed by atoms with van der Waals surface area (Å²) in [6.45, 7) is 11.3. The van der Waals surface area contributed by atoms with E-state index in [1.165, 1.54) is 0 Å². The highest BCUT2D eigenvalue weighted by Gasteiger charge is 2.28. The minimum Gasteiger partial charge on any atom is -0.358 e. The Hall–Kier alpha value is -3.35. The number of carbonyl (C=O) groups is 2. The predicted octanol–water partition coefficient (Wildman–Crippen LogP) is 5.52. The van der Waals surface area contributed by atoms with Crippen LogP contribution in [-0.4, -0.2) is 47.9 Å². The summed E-state index contributed by atoms with van der Waals surface area (Å²) in [7, 11) is 0. The molecular formula is C28H31ClN4O2. The van der Waals surface area contributed by atoms with E-state index in [2.05, 4.69) is 34.4 Å². The van der Waals surface area contributed by atoms with Crippen molar-refractivity contribution in [2.45, 2.75) is 27.7 Å². The molecule has 3 aromatic rings. The monoisotopic (exact) mass is 490 g/mol. The number of fused-ring (bicyclic) bond motifs is 1. The molecule has 0 fully saturated rings. The number of aryl methyl sites for hydroxylation is 2. The topological polar surface area (TPSA) is 77.2 Å². The van der Waals surface area contributed by atoms with Gasteiger partial charge in [-0.05, 0) is 62.3 Å². The molecule has 0 radical (unpaired) electrons. The van der Waals surface area contributed by atoms with E-state index >= 15 is 0 Å². The van der Waals surface area contributed by atoms with Crippen molar-refractivity contribution in [3.63, 3.8) is 0 Å². The molecule has 1 aliphatic rings. The molecule has 0 unspecified atom stereocenters. The number of halogens is 1. The largest absolute Gasteiger partial charge is 0.358 e. The number of benzene rings is 2. The van der Waals surface area contributed by atoms with E-state index in [4.69, 9.17) is 11.6 Å². The van der Waals surface area contributed by atoms with Crippen molar-refractivity contribution in [3.05, 3.63) is 75.6 Å². The molecule has 4 rings (SSSR count). The van der Waals surface area contributed by atoms with Crippen molar-refractivity contribution >= 4 is 40.8 Å². The van der Waals surface area contributed by atoms with E-state index in [9.17, 15) is 9.59 Å². The number of hydrogen-bond acceptors (Lipinski definition) is 3. The quantitative estimate of drug-likeness (QED) is 0.364. The molecule has 6 nitrogen and oxygen atoms in total. The van der Waals surface area contributed by atoms with Gasteiger partial charge < -0.3 is 20.5 Å². The molecule has 0 spiro atoms. The first-order valence-electron chi connectivity index (χ1n) is 12.0. The van der Waals surface area contributed by atoms with Crippen molar-refractivity contribution in [3.8, 4) is 11.1 Å². The van der Waals surface area contributed by atoms with Gasteiger partial charge in [0.05, 0.1) is 11.1 Å². The van der Waals surface area contributed by atoms with Crippen LogP contribution in [0.4, 0.5) is 5.69 Å². The van der Waals surface area contributed by atoms with Crippen LogP contribution in [0.1, 0.15) is 46.7 Å². The lowest BCUT2D eigenvalue weighted by molar-refractivity contribution is -0.110. The second kappa shape index (κ2) is 10.5. The highest BCUT2D eigenvalue weighted by atomic mass is 35.5. The van der Waals surface area contributed by atoms with Crippen molar-refractivity contribution in [2.75, 3.05) is 31.5 Å². The number of likely N-dealkylation sites (N-methyl/N-ethyl adjacent to an activating group) is 1. The van der Waals surface area contributed by atoms with Gasteiger partial charge in [-0.2, -0.15) is 0 Å². The van der Waals surface area contributed by atoms with E-state index in [0.29, 0.717) is 28.4 Å². The van der Waals surface area contributed by atoms with E-state index in [-0.39, 0.29) is 11.8 Å². The normalized spacial score (nSPS) is 13.9. The zero-order valence-corrected chi connectivity index (χ0v) is 21.3. The van der Waals surface area contributed by atoms with Gasteiger partial charge in [-0.3, -0.25) is 9.59 Å². The van der Waals surface area contributed by atoms with Crippen molar-refractivity contribution in [2.24, 2.45) is 0 Å². The zero-order chi connectivity index (χ0) is 25.1. The summed E-state index contributed by atoms with van der Waals surface area (Å²) >= 11 is 6.15. The minimum absolute atomic E-state index is 0.145. The lowest BCUT2D eigenvalue weighted by Gasteiger charge is -2.18. The zero-order valence-electron chi connectivity index (χ0n) is 20.6. The van der Waals surface area contributed by atoms with Crippen LogP contribution in [-0.2, 0) is 4.79 Å². The van der Waals surface area contributed by atoms with Crippen molar-refractivity contribution in [1.82, 2.24) is 15.2 Å². The minimum atomic E-state index is -0.158. The van der Waals surface area contributed by atoms with Gasteiger partial charge in [-0.1, -0.05) is 49.7 Å². The maximum Gasteiger partial charge on any atom is 0.256 e.